The van der Waals surface area contributed by atoms with E-state index in [2.05, 4.69) is 14.9 Å². The number of aromatic nitrogens is 2. The third kappa shape index (κ3) is 3.02. The summed E-state index contributed by atoms with van der Waals surface area (Å²) in [7, 11) is 0. The molecule has 0 radical (unpaired) electrons. The van der Waals surface area contributed by atoms with Crippen LogP contribution in [-0.4, -0.2) is 23.1 Å². The maximum absolute atomic E-state index is 5.73. The second-order valence-corrected chi connectivity index (χ2v) is 4.68. The SMILES string of the molecule is c1ccc(Oc2cc(N3CCCCC3)ncn2)cc1. The lowest BCUT2D eigenvalue weighted by molar-refractivity contribution is 0.460. The summed E-state index contributed by atoms with van der Waals surface area (Å²) >= 11 is 0. The van der Waals surface area contributed by atoms with Crippen LogP contribution in [0, 0.1) is 0 Å². The molecule has 2 heterocycles. The van der Waals surface area contributed by atoms with E-state index < -0.39 is 0 Å². The van der Waals surface area contributed by atoms with E-state index in [1.54, 1.807) is 6.33 Å². The molecule has 4 heteroatoms. The maximum atomic E-state index is 5.73. The number of hydrogen-bond donors (Lipinski definition) is 0. The lowest BCUT2D eigenvalue weighted by Crippen LogP contribution is -2.30. The maximum Gasteiger partial charge on any atom is 0.224 e. The van der Waals surface area contributed by atoms with Crippen molar-refractivity contribution in [2.24, 2.45) is 0 Å². The van der Waals surface area contributed by atoms with Crippen LogP contribution in [0.25, 0.3) is 0 Å². The molecule has 0 spiro atoms. The molecule has 1 aliphatic rings. The summed E-state index contributed by atoms with van der Waals surface area (Å²) < 4.78 is 5.73. The molecule has 0 atom stereocenters. The molecule has 0 N–H and O–H groups in total. The molecular weight excluding hydrogens is 238 g/mol. The van der Waals surface area contributed by atoms with Crippen molar-refractivity contribution in [3.8, 4) is 11.6 Å². The highest BCUT2D eigenvalue weighted by Crippen LogP contribution is 2.23. The molecule has 1 fully saturated rings. The number of nitrogens with zero attached hydrogens (tertiary/aromatic N) is 3. The Bertz CT molecular complexity index is 524. The summed E-state index contributed by atoms with van der Waals surface area (Å²) in [6.45, 7) is 2.14. The Morgan fingerprint density at radius 1 is 0.947 bits per heavy atom. The van der Waals surface area contributed by atoms with E-state index >= 15 is 0 Å². The summed E-state index contributed by atoms with van der Waals surface area (Å²) in [5.74, 6) is 2.35. The largest absolute Gasteiger partial charge is 0.439 e. The van der Waals surface area contributed by atoms with Gasteiger partial charge in [-0.05, 0) is 31.4 Å². The molecule has 0 unspecified atom stereocenters. The molecule has 0 saturated carbocycles. The molecule has 19 heavy (non-hydrogen) atoms. The first-order valence-corrected chi connectivity index (χ1v) is 6.72. The van der Waals surface area contributed by atoms with E-state index in [4.69, 9.17) is 4.74 Å². The second-order valence-electron chi connectivity index (χ2n) is 4.68. The standard InChI is InChI=1S/C15H17N3O/c1-3-7-13(8-4-1)19-15-11-14(16-12-17-15)18-9-5-2-6-10-18/h1,3-4,7-8,11-12H,2,5-6,9-10H2. The monoisotopic (exact) mass is 255 g/mol. The lowest BCUT2D eigenvalue weighted by Gasteiger charge is -2.27. The van der Waals surface area contributed by atoms with Crippen LogP contribution in [0.5, 0.6) is 11.6 Å². The first-order chi connectivity index (χ1) is 9.42. The third-order valence-corrected chi connectivity index (χ3v) is 3.27. The van der Waals surface area contributed by atoms with Gasteiger partial charge in [-0.2, -0.15) is 0 Å². The van der Waals surface area contributed by atoms with E-state index in [0.29, 0.717) is 5.88 Å². The third-order valence-electron chi connectivity index (χ3n) is 3.27. The van der Waals surface area contributed by atoms with Gasteiger partial charge in [0, 0.05) is 19.2 Å². The zero-order valence-electron chi connectivity index (χ0n) is 10.8. The first-order valence-electron chi connectivity index (χ1n) is 6.72. The van der Waals surface area contributed by atoms with Gasteiger partial charge in [-0.25, -0.2) is 9.97 Å². The van der Waals surface area contributed by atoms with E-state index in [0.717, 1.165) is 24.7 Å². The topological polar surface area (TPSA) is 38.2 Å². The van der Waals surface area contributed by atoms with Gasteiger partial charge in [-0.1, -0.05) is 18.2 Å². The summed E-state index contributed by atoms with van der Waals surface area (Å²) in [4.78, 5) is 10.8. The summed E-state index contributed by atoms with van der Waals surface area (Å²) in [5.41, 5.74) is 0. The molecule has 0 amide bonds. The van der Waals surface area contributed by atoms with Crippen molar-refractivity contribution in [1.29, 1.82) is 0 Å². The fraction of sp³-hybridized carbons (Fsp3) is 0.333. The minimum Gasteiger partial charge on any atom is -0.439 e. The molecule has 1 aliphatic heterocycles. The average molecular weight is 255 g/mol. The van der Waals surface area contributed by atoms with Crippen LogP contribution in [0.2, 0.25) is 0 Å². The highest BCUT2D eigenvalue weighted by molar-refractivity contribution is 5.42. The van der Waals surface area contributed by atoms with Crippen molar-refractivity contribution < 1.29 is 4.74 Å². The quantitative estimate of drug-likeness (QED) is 0.843. The summed E-state index contributed by atoms with van der Waals surface area (Å²) in [6.07, 6.45) is 5.36. The van der Waals surface area contributed by atoms with Gasteiger partial charge in [0.15, 0.2) is 0 Å². The van der Waals surface area contributed by atoms with Gasteiger partial charge < -0.3 is 9.64 Å². The van der Waals surface area contributed by atoms with E-state index in [1.807, 2.05) is 36.4 Å². The van der Waals surface area contributed by atoms with Gasteiger partial charge in [0.25, 0.3) is 0 Å². The molecule has 2 aromatic rings. The van der Waals surface area contributed by atoms with Crippen LogP contribution in [0.3, 0.4) is 0 Å². The number of piperidine rings is 1. The number of para-hydroxylation sites is 1. The van der Waals surface area contributed by atoms with Gasteiger partial charge in [-0.3, -0.25) is 0 Å². The van der Waals surface area contributed by atoms with Gasteiger partial charge >= 0.3 is 0 Å². The highest BCUT2D eigenvalue weighted by atomic mass is 16.5. The second kappa shape index (κ2) is 5.69. The average Bonchev–Trinajstić information content (AvgIpc) is 2.49. The van der Waals surface area contributed by atoms with Crippen molar-refractivity contribution >= 4 is 5.82 Å². The highest BCUT2D eigenvalue weighted by Gasteiger charge is 2.13. The fourth-order valence-corrected chi connectivity index (χ4v) is 2.29. The van der Waals surface area contributed by atoms with Crippen LogP contribution in [0.4, 0.5) is 5.82 Å². The normalized spacial score (nSPS) is 15.3. The van der Waals surface area contributed by atoms with Gasteiger partial charge in [0.05, 0.1) is 0 Å². The van der Waals surface area contributed by atoms with E-state index in [1.165, 1.54) is 19.3 Å². The molecule has 1 aromatic carbocycles. The van der Waals surface area contributed by atoms with Crippen LogP contribution in [0.15, 0.2) is 42.7 Å². The molecule has 1 aromatic heterocycles. The Balaban J connectivity index is 1.76. The first kappa shape index (κ1) is 12.0. The Kier molecular flexibility index (Phi) is 3.58. The predicted molar refractivity (Wildman–Crippen MR) is 74.6 cm³/mol. The number of rotatable bonds is 3. The molecule has 0 bridgehead atoms. The lowest BCUT2D eigenvalue weighted by atomic mass is 10.1. The van der Waals surface area contributed by atoms with Crippen molar-refractivity contribution in [3.05, 3.63) is 42.7 Å². The van der Waals surface area contributed by atoms with Crippen LogP contribution in [0.1, 0.15) is 19.3 Å². The smallest absolute Gasteiger partial charge is 0.224 e. The predicted octanol–water partition coefficient (Wildman–Crippen LogP) is 3.26. The van der Waals surface area contributed by atoms with Gasteiger partial charge in [0.2, 0.25) is 5.88 Å². The van der Waals surface area contributed by atoms with E-state index in [9.17, 15) is 0 Å². The number of anilines is 1. The number of ether oxygens (including phenoxy) is 1. The fourth-order valence-electron chi connectivity index (χ4n) is 2.29. The zero-order chi connectivity index (χ0) is 12.9. The summed E-state index contributed by atoms with van der Waals surface area (Å²) in [5, 5.41) is 0. The van der Waals surface area contributed by atoms with Crippen LogP contribution >= 0.6 is 0 Å². The Morgan fingerprint density at radius 3 is 2.53 bits per heavy atom. The Labute approximate surface area is 113 Å². The minimum atomic E-state index is 0.599. The summed E-state index contributed by atoms with van der Waals surface area (Å²) in [6, 6.07) is 11.6. The van der Waals surface area contributed by atoms with E-state index in [-0.39, 0.29) is 0 Å². The van der Waals surface area contributed by atoms with Crippen molar-refractivity contribution in [3.63, 3.8) is 0 Å². The zero-order valence-corrected chi connectivity index (χ0v) is 10.8. The molecule has 1 saturated heterocycles. The van der Waals surface area contributed by atoms with Crippen molar-refractivity contribution in [2.45, 2.75) is 19.3 Å². The molecule has 98 valence electrons. The molecule has 3 rings (SSSR count). The van der Waals surface area contributed by atoms with Crippen LogP contribution < -0.4 is 9.64 Å². The van der Waals surface area contributed by atoms with Crippen LogP contribution in [-0.2, 0) is 0 Å². The minimum absolute atomic E-state index is 0.599. The number of hydrogen-bond acceptors (Lipinski definition) is 4. The molecule has 4 nitrogen and oxygen atoms in total. The molecule has 0 aliphatic carbocycles. The van der Waals surface area contributed by atoms with Crippen molar-refractivity contribution in [1.82, 2.24) is 9.97 Å². The van der Waals surface area contributed by atoms with Gasteiger partial charge in [-0.15, -0.1) is 0 Å². The van der Waals surface area contributed by atoms with Crippen molar-refractivity contribution in [2.75, 3.05) is 18.0 Å². The number of benzene rings is 1. The Morgan fingerprint density at radius 2 is 1.74 bits per heavy atom. The Hall–Kier alpha value is -2.10. The van der Waals surface area contributed by atoms with Gasteiger partial charge in [0.1, 0.15) is 17.9 Å². The molecular formula is C15H17N3O.